The van der Waals surface area contributed by atoms with E-state index in [1.54, 1.807) is 19.1 Å². The van der Waals surface area contributed by atoms with E-state index in [4.69, 9.17) is 4.74 Å². The molecule has 1 amide bonds. The van der Waals surface area contributed by atoms with Crippen LogP contribution in [-0.4, -0.2) is 12.5 Å². The smallest absolute Gasteiger partial charge is 0.416 e. The molecule has 0 aliphatic carbocycles. The SMILES string of the molecule is Cc1ccc(OCC(=O)NC(C)c2cccc(C(F)(F)F)c2)cc1C. The molecule has 0 aliphatic heterocycles. The van der Waals surface area contributed by atoms with Crippen molar-refractivity contribution in [2.24, 2.45) is 0 Å². The van der Waals surface area contributed by atoms with Crippen molar-refractivity contribution in [2.75, 3.05) is 6.61 Å². The number of nitrogens with one attached hydrogen (secondary N) is 1. The van der Waals surface area contributed by atoms with Gasteiger partial charge in [-0.3, -0.25) is 4.79 Å². The van der Waals surface area contributed by atoms with Crippen LogP contribution in [0.25, 0.3) is 0 Å². The summed E-state index contributed by atoms with van der Waals surface area (Å²) in [5.41, 5.74) is 1.82. The molecule has 134 valence electrons. The van der Waals surface area contributed by atoms with Crippen molar-refractivity contribution in [3.8, 4) is 5.75 Å². The molecule has 1 atom stereocenters. The average molecular weight is 351 g/mol. The first-order valence-corrected chi connectivity index (χ1v) is 7.83. The third kappa shape index (κ3) is 5.24. The van der Waals surface area contributed by atoms with Gasteiger partial charge < -0.3 is 10.1 Å². The molecule has 25 heavy (non-hydrogen) atoms. The number of aryl methyl sites for hydroxylation is 2. The molecule has 2 aromatic carbocycles. The molecule has 0 spiro atoms. The highest BCUT2D eigenvalue weighted by atomic mass is 19.4. The van der Waals surface area contributed by atoms with Crippen molar-refractivity contribution in [3.63, 3.8) is 0 Å². The van der Waals surface area contributed by atoms with Crippen LogP contribution in [0.4, 0.5) is 13.2 Å². The summed E-state index contributed by atoms with van der Waals surface area (Å²) in [6.07, 6.45) is -4.41. The van der Waals surface area contributed by atoms with Gasteiger partial charge in [0.05, 0.1) is 11.6 Å². The maximum atomic E-state index is 12.8. The molecular formula is C19H20F3NO2. The van der Waals surface area contributed by atoms with Crippen molar-refractivity contribution in [2.45, 2.75) is 33.0 Å². The van der Waals surface area contributed by atoms with Gasteiger partial charge in [0.2, 0.25) is 0 Å². The maximum Gasteiger partial charge on any atom is 0.416 e. The quantitative estimate of drug-likeness (QED) is 0.856. The molecule has 0 aliphatic rings. The van der Waals surface area contributed by atoms with Crippen LogP contribution < -0.4 is 10.1 Å². The molecule has 0 radical (unpaired) electrons. The molecule has 0 saturated heterocycles. The van der Waals surface area contributed by atoms with E-state index >= 15 is 0 Å². The summed E-state index contributed by atoms with van der Waals surface area (Å²) in [7, 11) is 0. The van der Waals surface area contributed by atoms with E-state index in [0.29, 0.717) is 11.3 Å². The Kier molecular flexibility index (Phi) is 5.72. The summed E-state index contributed by atoms with van der Waals surface area (Å²) in [4.78, 5) is 12.0. The van der Waals surface area contributed by atoms with Gasteiger partial charge in [0.15, 0.2) is 6.61 Å². The molecule has 0 saturated carbocycles. The van der Waals surface area contributed by atoms with Crippen LogP contribution >= 0.6 is 0 Å². The largest absolute Gasteiger partial charge is 0.484 e. The van der Waals surface area contributed by atoms with Crippen LogP contribution in [0.1, 0.15) is 35.2 Å². The van der Waals surface area contributed by atoms with Crippen LogP contribution in [0, 0.1) is 13.8 Å². The second-order valence-corrected chi connectivity index (χ2v) is 5.95. The molecule has 0 aromatic heterocycles. The molecule has 6 heteroatoms. The molecule has 2 aromatic rings. The number of alkyl halides is 3. The van der Waals surface area contributed by atoms with Gasteiger partial charge in [0.25, 0.3) is 5.91 Å². The fraction of sp³-hybridized carbons (Fsp3) is 0.316. The van der Waals surface area contributed by atoms with E-state index in [-0.39, 0.29) is 6.61 Å². The molecule has 0 bridgehead atoms. The van der Waals surface area contributed by atoms with Crippen molar-refractivity contribution in [3.05, 3.63) is 64.7 Å². The summed E-state index contributed by atoms with van der Waals surface area (Å²) in [6.45, 7) is 5.34. The summed E-state index contributed by atoms with van der Waals surface area (Å²) in [5.74, 6) is 0.174. The van der Waals surface area contributed by atoms with E-state index in [1.165, 1.54) is 6.07 Å². The number of amides is 1. The molecule has 2 rings (SSSR count). The van der Waals surface area contributed by atoms with Crippen LogP contribution in [-0.2, 0) is 11.0 Å². The summed E-state index contributed by atoms with van der Waals surface area (Å²) >= 11 is 0. The molecular weight excluding hydrogens is 331 g/mol. The van der Waals surface area contributed by atoms with Gasteiger partial charge in [-0.25, -0.2) is 0 Å². The number of carbonyl (C=O) groups excluding carboxylic acids is 1. The Hall–Kier alpha value is -2.50. The highest BCUT2D eigenvalue weighted by Crippen LogP contribution is 2.30. The Morgan fingerprint density at radius 3 is 2.48 bits per heavy atom. The lowest BCUT2D eigenvalue weighted by Crippen LogP contribution is -2.31. The lowest BCUT2D eigenvalue weighted by Gasteiger charge is -2.16. The van der Waals surface area contributed by atoms with E-state index in [9.17, 15) is 18.0 Å². The van der Waals surface area contributed by atoms with Crippen molar-refractivity contribution in [1.82, 2.24) is 5.32 Å². The fourth-order valence-corrected chi connectivity index (χ4v) is 2.30. The zero-order valence-electron chi connectivity index (χ0n) is 14.3. The number of hydrogen-bond donors (Lipinski definition) is 1. The fourth-order valence-electron chi connectivity index (χ4n) is 2.30. The second kappa shape index (κ2) is 7.59. The number of benzene rings is 2. The molecule has 1 N–H and O–H groups in total. The minimum atomic E-state index is -4.41. The molecule has 3 nitrogen and oxygen atoms in total. The van der Waals surface area contributed by atoms with Gasteiger partial charge in [-0.15, -0.1) is 0 Å². The minimum absolute atomic E-state index is 0.203. The predicted octanol–water partition coefficient (Wildman–Crippen LogP) is 4.58. The third-order valence-electron chi connectivity index (χ3n) is 3.94. The van der Waals surface area contributed by atoms with Gasteiger partial charge in [0, 0.05) is 0 Å². The second-order valence-electron chi connectivity index (χ2n) is 5.95. The monoisotopic (exact) mass is 351 g/mol. The van der Waals surface area contributed by atoms with Crippen molar-refractivity contribution in [1.29, 1.82) is 0 Å². The van der Waals surface area contributed by atoms with Gasteiger partial charge in [-0.1, -0.05) is 18.2 Å². The topological polar surface area (TPSA) is 38.3 Å². The maximum absolute atomic E-state index is 12.8. The number of hydrogen-bond acceptors (Lipinski definition) is 2. The van der Waals surface area contributed by atoms with Crippen molar-refractivity contribution < 1.29 is 22.7 Å². The average Bonchev–Trinajstić information content (AvgIpc) is 2.55. The Morgan fingerprint density at radius 2 is 1.84 bits per heavy atom. The summed E-state index contributed by atoms with van der Waals surface area (Å²) in [6, 6.07) is 9.85. The number of ether oxygens (including phenoxy) is 1. The van der Waals surface area contributed by atoms with Gasteiger partial charge >= 0.3 is 6.18 Å². The Bertz CT molecular complexity index is 757. The number of rotatable bonds is 5. The van der Waals surface area contributed by atoms with Gasteiger partial charge in [-0.2, -0.15) is 13.2 Å². The molecule has 1 unspecified atom stereocenters. The number of halogens is 3. The van der Waals surface area contributed by atoms with Crippen LogP contribution in [0.3, 0.4) is 0 Å². The minimum Gasteiger partial charge on any atom is -0.484 e. The highest BCUT2D eigenvalue weighted by molar-refractivity contribution is 5.78. The Morgan fingerprint density at radius 1 is 1.12 bits per heavy atom. The summed E-state index contributed by atoms with van der Waals surface area (Å²) in [5, 5.41) is 2.64. The van der Waals surface area contributed by atoms with Gasteiger partial charge in [-0.05, 0) is 61.7 Å². The normalized spacial score (nSPS) is 12.6. The van der Waals surface area contributed by atoms with E-state index in [1.807, 2.05) is 26.0 Å². The van der Waals surface area contributed by atoms with E-state index < -0.39 is 23.7 Å². The van der Waals surface area contributed by atoms with E-state index in [2.05, 4.69) is 5.32 Å². The predicted molar refractivity (Wildman–Crippen MR) is 89.4 cm³/mol. The van der Waals surface area contributed by atoms with Crippen LogP contribution in [0.2, 0.25) is 0 Å². The first kappa shape index (κ1) is 18.8. The standard InChI is InChI=1S/C19H20F3NO2/c1-12-7-8-17(9-13(12)2)25-11-18(24)23-14(3)15-5-4-6-16(10-15)19(20,21)22/h4-10,14H,11H2,1-3H3,(H,23,24). The van der Waals surface area contributed by atoms with Crippen molar-refractivity contribution >= 4 is 5.91 Å². The lowest BCUT2D eigenvalue weighted by atomic mass is 10.0. The third-order valence-corrected chi connectivity index (χ3v) is 3.94. The molecule has 0 fully saturated rings. The molecule has 0 heterocycles. The number of carbonyl (C=O) groups is 1. The van der Waals surface area contributed by atoms with Gasteiger partial charge in [0.1, 0.15) is 5.75 Å². The van der Waals surface area contributed by atoms with Crippen LogP contribution in [0.15, 0.2) is 42.5 Å². The van der Waals surface area contributed by atoms with Crippen LogP contribution in [0.5, 0.6) is 5.75 Å². The first-order chi connectivity index (χ1) is 11.7. The Balaban J connectivity index is 1.94. The zero-order chi connectivity index (χ0) is 18.6. The Labute approximate surface area is 144 Å². The zero-order valence-corrected chi connectivity index (χ0v) is 14.3. The van der Waals surface area contributed by atoms with E-state index in [0.717, 1.165) is 23.3 Å². The summed E-state index contributed by atoms with van der Waals surface area (Å²) < 4.78 is 43.7. The highest BCUT2D eigenvalue weighted by Gasteiger charge is 2.30. The lowest BCUT2D eigenvalue weighted by molar-refractivity contribution is -0.137. The first-order valence-electron chi connectivity index (χ1n) is 7.83.